The van der Waals surface area contributed by atoms with Crippen molar-refractivity contribution in [1.82, 2.24) is 9.38 Å². The van der Waals surface area contributed by atoms with E-state index in [1.807, 2.05) is 0 Å². The molecule has 0 aliphatic rings. The molecule has 0 fully saturated rings. The van der Waals surface area contributed by atoms with Gasteiger partial charge in [-0.1, -0.05) is 107 Å². The van der Waals surface area contributed by atoms with Gasteiger partial charge in [-0.05, 0) is 62.0 Å². The molecule has 0 saturated heterocycles. The minimum absolute atomic E-state index is 0.421. The molecule has 2 heterocycles. The fourth-order valence-electron chi connectivity index (χ4n) is 6.09. The molecule has 0 radical (unpaired) electrons. The fourth-order valence-corrected chi connectivity index (χ4v) is 6.09. The number of fused-ring (bicyclic) bond motifs is 9. The van der Waals surface area contributed by atoms with E-state index in [2.05, 4.69) is 129 Å². The molecule has 0 aliphatic carbocycles. The summed E-state index contributed by atoms with van der Waals surface area (Å²) < 4.78 is 2.32. The maximum absolute atomic E-state index is 5.34. The Labute approximate surface area is 217 Å². The van der Waals surface area contributed by atoms with Crippen molar-refractivity contribution < 1.29 is 0 Å². The van der Waals surface area contributed by atoms with Crippen LogP contribution in [0.2, 0.25) is 0 Å². The van der Waals surface area contributed by atoms with Crippen molar-refractivity contribution in [3.63, 3.8) is 0 Å². The van der Waals surface area contributed by atoms with Gasteiger partial charge in [-0.2, -0.15) is 0 Å². The summed E-state index contributed by atoms with van der Waals surface area (Å²) in [7, 11) is 0. The number of benzene rings is 5. The molecule has 0 N–H and O–H groups in total. The summed E-state index contributed by atoms with van der Waals surface area (Å²) in [6.45, 7) is 9.11. The topological polar surface area (TPSA) is 17.3 Å². The summed E-state index contributed by atoms with van der Waals surface area (Å²) in [5.41, 5.74) is 7.29. The second kappa shape index (κ2) is 8.18. The highest BCUT2D eigenvalue weighted by Crippen LogP contribution is 2.39. The first-order valence-electron chi connectivity index (χ1n) is 13.3. The first kappa shape index (κ1) is 22.1. The molecule has 2 heteroatoms. The molecule has 37 heavy (non-hydrogen) atoms. The molecule has 0 unspecified atom stereocenters. The summed E-state index contributed by atoms with van der Waals surface area (Å²) in [4.78, 5) is 5.34. The van der Waals surface area contributed by atoms with Crippen LogP contribution in [0, 0.1) is 0 Å². The third-order valence-electron chi connectivity index (χ3n) is 7.91. The van der Waals surface area contributed by atoms with Crippen LogP contribution in [0.1, 0.15) is 50.7 Å². The quantitative estimate of drug-likeness (QED) is 0.182. The molecule has 0 amide bonds. The molecule has 7 rings (SSSR count). The number of nitrogens with zero attached hydrogens (tertiary/aromatic N) is 2. The lowest BCUT2D eigenvalue weighted by molar-refractivity contribution is 0.837. The fraction of sp³-hybridized carbons (Fsp3) is 0.171. The summed E-state index contributed by atoms with van der Waals surface area (Å²) in [6.07, 6.45) is 2.27. The van der Waals surface area contributed by atoms with E-state index >= 15 is 0 Å². The Morgan fingerprint density at radius 2 is 1.22 bits per heavy atom. The Morgan fingerprint density at radius 3 is 1.95 bits per heavy atom. The second-order valence-corrected chi connectivity index (χ2v) is 10.9. The average Bonchev–Trinajstić information content (AvgIpc) is 3.37. The maximum atomic E-state index is 5.34. The first-order chi connectivity index (χ1) is 18.0. The molecule has 0 bridgehead atoms. The van der Waals surface area contributed by atoms with Crippen LogP contribution in [0.4, 0.5) is 0 Å². The van der Waals surface area contributed by atoms with Crippen LogP contribution < -0.4 is 0 Å². The van der Waals surface area contributed by atoms with E-state index in [1.165, 1.54) is 59.9 Å². The molecule has 0 spiro atoms. The van der Waals surface area contributed by atoms with Crippen LogP contribution in [-0.4, -0.2) is 9.38 Å². The maximum Gasteiger partial charge on any atom is 0.145 e. The molecular formula is C35H30N2. The zero-order chi connectivity index (χ0) is 25.3. The molecule has 2 aromatic heterocycles. The second-order valence-electron chi connectivity index (χ2n) is 10.9. The van der Waals surface area contributed by atoms with Crippen LogP contribution in [0.5, 0.6) is 0 Å². The molecule has 5 aromatic carbocycles. The van der Waals surface area contributed by atoms with Crippen molar-refractivity contribution in [3.8, 4) is 11.3 Å². The van der Waals surface area contributed by atoms with Gasteiger partial charge < -0.3 is 0 Å². The first-order valence-corrected chi connectivity index (χ1v) is 13.3. The van der Waals surface area contributed by atoms with E-state index in [1.54, 1.807) is 0 Å². The van der Waals surface area contributed by atoms with E-state index in [9.17, 15) is 0 Å². The summed E-state index contributed by atoms with van der Waals surface area (Å²) >= 11 is 0. The van der Waals surface area contributed by atoms with Crippen molar-refractivity contribution in [2.75, 3.05) is 0 Å². The Kier molecular flexibility index (Phi) is 4.87. The normalized spacial score (nSPS) is 12.3. The number of hydrogen-bond donors (Lipinski definition) is 0. The predicted molar refractivity (Wildman–Crippen MR) is 159 cm³/mol. The van der Waals surface area contributed by atoms with E-state index in [0.29, 0.717) is 11.8 Å². The molecular weight excluding hydrogens is 448 g/mol. The molecule has 0 saturated carbocycles. The number of aromatic nitrogens is 2. The lowest BCUT2D eigenvalue weighted by atomic mass is 9.87. The Morgan fingerprint density at radius 1 is 0.568 bits per heavy atom. The van der Waals surface area contributed by atoms with Crippen LogP contribution in [0.3, 0.4) is 0 Å². The van der Waals surface area contributed by atoms with E-state index in [0.717, 1.165) is 11.3 Å². The van der Waals surface area contributed by atoms with Gasteiger partial charge in [0.1, 0.15) is 5.65 Å². The van der Waals surface area contributed by atoms with Crippen molar-refractivity contribution in [2.45, 2.75) is 39.5 Å². The Bertz CT molecular complexity index is 1960. The van der Waals surface area contributed by atoms with Gasteiger partial charge in [-0.3, -0.25) is 4.40 Å². The smallest absolute Gasteiger partial charge is 0.145 e. The largest absolute Gasteiger partial charge is 0.298 e. The lowest BCUT2D eigenvalue weighted by Gasteiger charge is -2.18. The molecule has 180 valence electrons. The molecule has 0 aliphatic heterocycles. The summed E-state index contributed by atoms with van der Waals surface area (Å²) in [5.74, 6) is 0.841. The lowest BCUT2D eigenvalue weighted by Crippen LogP contribution is -1.99. The van der Waals surface area contributed by atoms with Gasteiger partial charge in [0.15, 0.2) is 0 Å². The zero-order valence-corrected chi connectivity index (χ0v) is 21.8. The third-order valence-corrected chi connectivity index (χ3v) is 7.91. The van der Waals surface area contributed by atoms with Gasteiger partial charge in [0.25, 0.3) is 0 Å². The van der Waals surface area contributed by atoms with Gasteiger partial charge in [-0.15, -0.1) is 0 Å². The van der Waals surface area contributed by atoms with Crippen molar-refractivity contribution in [3.05, 3.63) is 108 Å². The Balaban J connectivity index is 1.64. The standard InChI is InChI=1S/C35H30N2/c1-21(2)25-14-9-15-26(22(3)4)34(25)32-20-37-33-18-24-17-16-23-10-5-6-11-27(23)30(24)19-31(33)28-12-7-8-13-29(28)35(37)36-32/h5-22H,1-4H3. The van der Waals surface area contributed by atoms with Crippen LogP contribution in [0.15, 0.2) is 97.2 Å². The van der Waals surface area contributed by atoms with Gasteiger partial charge in [0.2, 0.25) is 0 Å². The average molecular weight is 479 g/mol. The van der Waals surface area contributed by atoms with Crippen LogP contribution in [0.25, 0.3) is 60.1 Å². The number of pyridine rings is 1. The van der Waals surface area contributed by atoms with Gasteiger partial charge in [0.05, 0.1) is 11.2 Å². The number of rotatable bonds is 3. The minimum atomic E-state index is 0.421. The van der Waals surface area contributed by atoms with Gasteiger partial charge in [-0.25, -0.2) is 4.98 Å². The van der Waals surface area contributed by atoms with Crippen molar-refractivity contribution in [2.24, 2.45) is 0 Å². The van der Waals surface area contributed by atoms with E-state index < -0.39 is 0 Å². The zero-order valence-electron chi connectivity index (χ0n) is 21.8. The van der Waals surface area contributed by atoms with Gasteiger partial charge >= 0.3 is 0 Å². The number of hydrogen-bond acceptors (Lipinski definition) is 1. The Hall–Kier alpha value is -4.17. The van der Waals surface area contributed by atoms with E-state index in [-0.39, 0.29) is 0 Å². The molecule has 2 nitrogen and oxygen atoms in total. The molecule has 7 aromatic rings. The molecule has 0 atom stereocenters. The monoisotopic (exact) mass is 478 g/mol. The van der Waals surface area contributed by atoms with Crippen LogP contribution in [-0.2, 0) is 0 Å². The highest BCUT2D eigenvalue weighted by Gasteiger charge is 2.20. The van der Waals surface area contributed by atoms with Gasteiger partial charge in [0, 0.05) is 22.5 Å². The predicted octanol–water partition coefficient (Wildman–Crippen LogP) is 9.86. The van der Waals surface area contributed by atoms with E-state index in [4.69, 9.17) is 4.98 Å². The van der Waals surface area contributed by atoms with Crippen LogP contribution >= 0.6 is 0 Å². The highest BCUT2D eigenvalue weighted by atomic mass is 15.0. The minimum Gasteiger partial charge on any atom is -0.298 e. The van der Waals surface area contributed by atoms with Crippen molar-refractivity contribution >= 4 is 48.9 Å². The number of imidazole rings is 1. The third kappa shape index (κ3) is 3.29. The highest BCUT2D eigenvalue weighted by molar-refractivity contribution is 6.19. The SMILES string of the molecule is CC(C)c1cccc(C(C)C)c1-c1cn2c3cc4ccc5ccccc5c4cc3c3ccccc3c2n1. The summed E-state index contributed by atoms with van der Waals surface area (Å²) in [5, 5.41) is 8.82. The van der Waals surface area contributed by atoms with Crippen molar-refractivity contribution in [1.29, 1.82) is 0 Å². The summed E-state index contributed by atoms with van der Waals surface area (Å²) in [6, 6.07) is 33.3.